The fourth-order valence-electron chi connectivity index (χ4n) is 0.746. The lowest BCUT2D eigenvalue weighted by Gasteiger charge is -1.94. The van der Waals surface area contributed by atoms with Crippen LogP contribution in [0.3, 0.4) is 0 Å². The van der Waals surface area contributed by atoms with E-state index in [0.29, 0.717) is 5.95 Å². The van der Waals surface area contributed by atoms with Gasteiger partial charge in [0.15, 0.2) is 0 Å². The molecule has 0 spiro atoms. The van der Waals surface area contributed by atoms with Crippen molar-refractivity contribution in [3.05, 3.63) is 36.7 Å². The molecule has 1 aromatic rings. The van der Waals surface area contributed by atoms with E-state index in [4.69, 9.17) is 0 Å². The molecular formula is C9H11N3O. The standard InChI is InChI=1S/C9H11N3O/c1-2-3-4-5-8(13)12-9-10-6-7-11-9/h2-7H,1H3,(H2,10,11,12,13). The molecule has 0 aliphatic heterocycles. The molecule has 0 fully saturated rings. The maximum absolute atomic E-state index is 11.1. The normalized spacial score (nSPS) is 11.2. The summed E-state index contributed by atoms with van der Waals surface area (Å²) in [6, 6.07) is 0. The third kappa shape index (κ3) is 3.37. The number of nitrogens with one attached hydrogen (secondary N) is 2. The molecule has 4 heteroatoms. The van der Waals surface area contributed by atoms with Gasteiger partial charge in [-0.2, -0.15) is 0 Å². The Bertz CT molecular complexity index is 312. The summed E-state index contributed by atoms with van der Waals surface area (Å²) < 4.78 is 0. The van der Waals surface area contributed by atoms with Gasteiger partial charge in [0.25, 0.3) is 5.91 Å². The average molecular weight is 177 g/mol. The number of aromatic nitrogens is 2. The van der Waals surface area contributed by atoms with Gasteiger partial charge in [0.05, 0.1) is 0 Å². The summed E-state index contributed by atoms with van der Waals surface area (Å²) >= 11 is 0. The molecule has 0 saturated carbocycles. The van der Waals surface area contributed by atoms with Crippen LogP contribution in [-0.4, -0.2) is 15.9 Å². The maximum atomic E-state index is 11.1. The monoisotopic (exact) mass is 177 g/mol. The quantitative estimate of drug-likeness (QED) is 0.542. The average Bonchev–Trinajstić information content (AvgIpc) is 2.57. The summed E-state index contributed by atoms with van der Waals surface area (Å²) in [4.78, 5) is 17.7. The molecule has 0 aliphatic rings. The van der Waals surface area contributed by atoms with Gasteiger partial charge in [-0.25, -0.2) is 4.98 Å². The maximum Gasteiger partial charge on any atom is 0.250 e. The lowest BCUT2D eigenvalue weighted by Crippen LogP contribution is -2.08. The van der Waals surface area contributed by atoms with Gasteiger partial charge in [-0.05, 0) is 6.92 Å². The Morgan fingerprint density at radius 2 is 2.46 bits per heavy atom. The van der Waals surface area contributed by atoms with Crippen molar-refractivity contribution in [3.8, 4) is 0 Å². The second-order valence-electron chi connectivity index (χ2n) is 2.31. The number of amides is 1. The number of carbonyl (C=O) groups is 1. The van der Waals surface area contributed by atoms with Crippen LogP contribution in [0, 0.1) is 0 Å². The van der Waals surface area contributed by atoms with Crippen LogP contribution in [-0.2, 0) is 4.79 Å². The first kappa shape index (κ1) is 9.25. The third-order valence-electron chi connectivity index (χ3n) is 1.29. The first-order valence-corrected chi connectivity index (χ1v) is 3.92. The van der Waals surface area contributed by atoms with E-state index in [1.54, 1.807) is 24.5 Å². The fourth-order valence-corrected chi connectivity index (χ4v) is 0.746. The van der Waals surface area contributed by atoms with Crippen molar-refractivity contribution >= 4 is 11.9 Å². The van der Waals surface area contributed by atoms with Gasteiger partial charge in [-0.3, -0.25) is 10.1 Å². The van der Waals surface area contributed by atoms with Crippen LogP contribution in [0.25, 0.3) is 0 Å². The van der Waals surface area contributed by atoms with Crippen molar-refractivity contribution in [2.45, 2.75) is 6.92 Å². The summed E-state index contributed by atoms with van der Waals surface area (Å²) in [5, 5.41) is 2.55. The van der Waals surface area contributed by atoms with Crippen LogP contribution in [0.15, 0.2) is 36.7 Å². The zero-order valence-electron chi connectivity index (χ0n) is 7.32. The molecule has 2 N–H and O–H groups in total. The predicted octanol–water partition coefficient (Wildman–Crippen LogP) is 1.48. The zero-order chi connectivity index (χ0) is 9.52. The van der Waals surface area contributed by atoms with E-state index in [-0.39, 0.29) is 5.91 Å². The molecule has 4 nitrogen and oxygen atoms in total. The van der Waals surface area contributed by atoms with E-state index in [2.05, 4.69) is 15.3 Å². The molecule has 0 atom stereocenters. The topological polar surface area (TPSA) is 57.8 Å². The number of aromatic amines is 1. The van der Waals surface area contributed by atoms with Gasteiger partial charge >= 0.3 is 0 Å². The van der Waals surface area contributed by atoms with Crippen LogP contribution < -0.4 is 5.32 Å². The molecule has 0 aliphatic carbocycles. The number of rotatable bonds is 3. The number of H-pyrrole nitrogens is 1. The van der Waals surface area contributed by atoms with Crippen molar-refractivity contribution in [1.29, 1.82) is 0 Å². The second-order valence-corrected chi connectivity index (χ2v) is 2.31. The Morgan fingerprint density at radius 3 is 3.08 bits per heavy atom. The van der Waals surface area contributed by atoms with Gasteiger partial charge < -0.3 is 4.98 Å². The Labute approximate surface area is 76.4 Å². The van der Waals surface area contributed by atoms with E-state index >= 15 is 0 Å². The Hall–Kier alpha value is -1.84. The van der Waals surface area contributed by atoms with Crippen molar-refractivity contribution < 1.29 is 4.79 Å². The summed E-state index contributed by atoms with van der Waals surface area (Å²) in [7, 11) is 0. The lowest BCUT2D eigenvalue weighted by molar-refractivity contribution is -0.111. The number of nitrogens with zero attached hydrogens (tertiary/aromatic N) is 1. The van der Waals surface area contributed by atoms with Gasteiger partial charge in [0.1, 0.15) is 0 Å². The van der Waals surface area contributed by atoms with Gasteiger partial charge in [0, 0.05) is 18.5 Å². The molecular weight excluding hydrogens is 166 g/mol. The van der Waals surface area contributed by atoms with E-state index in [1.807, 2.05) is 13.0 Å². The predicted molar refractivity (Wildman–Crippen MR) is 51.2 cm³/mol. The molecule has 1 rings (SSSR count). The third-order valence-corrected chi connectivity index (χ3v) is 1.29. The molecule has 1 aromatic heterocycles. The zero-order valence-corrected chi connectivity index (χ0v) is 7.32. The van der Waals surface area contributed by atoms with E-state index in [0.717, 1.165) is 0 Å². The Balaban J connectivity index is 2.42. The molecule has 0 radical (unpaired) electrons. The van der Waals surface area contributed by atoms with Crippen LogP contribution in [0.4, 0.5) is 5.95 Å². The molecule has 1 heterocycles. The highest BCUT2D eigenvalue weighted by molar-refractivity contribution is 5.98. The molecule has 0 bridgehead atoms. The van der Waals surface area contributed by atoms with Gasteiger partial charge in [0.2, 0.25) is 5.95 Å². The highest BCUT2D eigenvalue weighted by Gasteiger charge is 1.96. The molecule has 0 saturated heterocycles. The van der Waals surface area contributed by atoms with Crippen LogP contribution in [0.2, 0.25) is 0 Å². The van der Waals surface area contributed by atoms with E-state index < -0.39 is 0 Å². The van der Waals surface area contributed by atoms with E-state index in [1.165, 1.54) is 6.08 Å². The minimum atomic E-state index is -0.201. The van der Waals surface area contributed by atoms with Crippen molar-refractivity contribution in [2.75, 3.05) is 5.32 Å². The number of imidazole rings is 1. The minimum Gasteiger partial charge on any atom is -0.331 e. The minimum absolute atomic E-state index is 0.201. The van der Waals surface area contributed by atoms with Crippen molar-refractivity contribution in [2.24, 2.45) is 0 Å². The summed E-state index contributed by atoms with van der Waals surface area (Å²) in [5.74, 6) is 0.253. The van der Waals surface area contributed by atoms with Gasteiger partial charge in [-0.1, -0.05) is 18.2 Å². The molecule has 13 heavy (non-hydrogen) atoms. The Morgan fingerprint density at radius 1 is 1.62 bits per heavy atom. The molecule has 1 amide bonds. The first-order chi connectivity index (χ1) is 6.33. The highest BCUT2D eigenvalue weighted by atomic mass is 16.1. The molecule has 68 valence electrons. The summed E-state index contributed by atoms with van der Waals surface area (Å²) in [6.07, 6.45) is 9.94. The number of hydrogen-bond acceptors (Lipinski definition) is 2. The molecule has 0 unspecified atom stereocenters. The number of allylic oxidation sites excluding steroid dienone is 3. The van der Waals surface area contributed by atoms with Crippen molar-refractivity contribution in [3.63, 3.8) is 0 Å². The van der Waals surface area contributed by atoms with Crippen molar-refractivity contribution in [1.82, 2.24) is 9.97 Å². The smallest absolute Gasteiger partial charge is 0.250 e. The summed E-state index contributed by atoms with van der Waals surface area (Å²) in [6.45, 7) is 1.88. The highest BCUT2D eigenvalue weighted by Crippen LogP contribution is 1.94. The number of hydrogen-bond donors (Lipinski definition) is 2. The van der Waals surface area contributed by atoms with Crippen LogP contribution in [0.1, 0.15) is 6.92 Å². The van der Waals surface area contributed by atoms with E-state index in [9.17, 15) is 4.79 Å². The Kier molecular flexibility index (Phi) is 3.50. The fraction of sp³-hybridized carbons (Fsp3) is 0.111. The van der Waals surface area contributed by atoms with Crippen LogP contribution in [0.5, 0.6) is 0 Å². The largest absolute Gasteiger partial charge is 0.331 e. The van der Waals surface area contributed by atoms with Gasteiger partial charge in [-0.15, -0.1) is 0 Å². The van der Waals surface area contributed by atoms with Crippen LogP contribution >= 0.6 is 0 Å². The summed E-state index contributed by atoms with van der Waals surface area (Å²) in [5.41, 5.74) is 0. The first-order valence-electron chi connectivity index (χ1n) is 3.92. The number of carbonyl (C=O) groups excluding carboxylic acids is 1. The second kappa shape index (κ2) is 4.92. The lowest BCUT2D eigenvalue weighted by atomic mass is 10.4. The molecule has 0 aromatic carbocycles. The SMILES string of the molecule is CC=CC=CC(=O)Nc1ncc[nH]1. The number of anilines is 1.